The summed E-state index contributed by atoms with van der Waals surface area (Å²) in [7, 11) is -0.987. The van der Waals surface area contributed by atoms with Crippen LogP contribution in [0.25, 0.3) is 0 Å². The van der Waals surface area contributed by atoms with Crippen LogP contribution in [0.4, 0.5) is 5.88 Å². The minimum Gasteiger partial charge on any atom is -0.861 e. The van der Waals surface area contributed by atoms with Gasteiger partial charge in [-0.2, -0.15) is 0 Å². The predicted octanol–water partition coefficient (Wildman–Crippen LogP) is 2.47. The van der Waals surface area contributed by atoms with Crippen LogP contribution in [0.3, 0.4) is 0 Å². The molecule has 0 bridgehead atoms. The van der Waals surface area contributed by atoms with Crippen LogP contribution in [0.5, 0.6) is 0 Å². The molecule has 0 aliphatic heterocycles. The molecule has 0 aliphatic carbocycles. The van der Waals surface area contributed by atoms with Crippen molar-refractivity contribution in [2.45, 2.75) is 31.6 Å². The number of nitrogens with zero attached hydrogens (tertiary/aromatic N) is 3. The van der Waals surface area contributed by atoms with Crippen molar-refractivity contribution in [3.8, 4) is 0 Å². The molecule has 5 nitrogen and oxygen atoms in total. The monoisotopic (exact) mass is 445 g/mol. The molecular weight excluding hydrogens is 425 g/mol. The Balaban J connectivity index is 2.25. The van der Waals surface area contributed by atoms with Gasteiger partial charge in [0.05, 0.1) is 7.92 Å². The van der Waals surface area contributed by atoms with E-state index in [4.69, 9.17) is 4.52 Å². The molecule has 0 radical (unpaired) electrons. The largest absolute Gasteiger partial charge is 0.861 e. The lowest BCUT2D eigenvalue weighted by molar-refractivity contribution is -0.764. The summed E-state index contributed by atoms with van der Waals surface area (Å²) in [4.78, 5) is 3.83. The van der Waals surface area contributed by atoms with E-state index in [0.29, 0.717) is 0 Å². The second kappa shape index (κ2) is 8.77. The van der Waals surface area contributed by atoms with Gasteiger partial charge in [0, 0.05) is 18.7 Å². The first-order chi connectivity index (χ1) is 13.0. The van der Waals surface area contributed by atoms with Crippen molar-refractivity contribution >= 4 is 51.7 Å². The fraction of sp³-hybridized carbons (Fsp3) is 0.250. The molecule has 140 valence electrons. The normalized spacial score (nSPS) is 13.3. The molecule has 27 heavy (non-hydrogen) atoms. The quantitative estimate of drug-likeness (QED) is 0.192. The number of alkyl halides is 1. The van der Waals surface area contributed by atoms with Crippen LogP contribution in [0.2, 0.25) is 0 Å². The summed E-state index contributed by atoms with van der Waals surface area (Å²) >= 11 is 3.28. The Bertz CT molecular complexity index is 872. The number of hydrogen-bond donors (Lipinski definition) is 0. The highest BCUT2D eigenvalue weighted by atomic mass is 79.9. The van der Waals surface area contributed by atoms with Crippen LogP contribution in [0, 0.1) is 0 Å². The Hall–Kier alpha value is -2.04. The molecule has 0 saturated heterocycles. The number of hydrogen-bond acceptors (Lipinski definition) is 4. The fourth-order valence-electron chi connectivity index (χ4n) is 2.60. The van der Waals surface area contributed by atoms with Gasteiger partial charge in [0.1, 0.15) is 0 Å². The molecule has 0 fully saturated rings. The molecule has 1 unspecified atom stereocenters. The molecule has 0 spiro atoms. The smallest absolute Gasteiger partial charge is 0.329 e. The molecule has 0 N–H and O–H groups in total. The fourth-order valence-corrected chi connectivity index (χ4v) is 5.19. The van der Waals surface area contributed by atoms with Crippen LogP contribution in [-0.4, -0.2) is 16.0 Å². The summed E-state index contributed by atoms with van der Waals surface area (Å²) in [6.07, 6.45) is 0. The van der Waals surface area contributed by atoms with Gasteiger partial charge in [-0.1, -0.05) is 76.6 Å². The summed E-state index contributed by atoms with van der Waals surface area (Å²) in [5.74, 6) is -0.0156. The van der Waals surface area contributed by atoms with Crippen LogP contribution in [0.15, 0.2) is 70.2 Å². The number of rotatable bonds is 6. The van der Waals surface area contributed by atoms with Crippen molar-refractivity contribution in [2.24, 2.45) is 4.99 Å². The van der Waals surface area contributed by atoms with Crippen LogP contribution in [-0.2, 0) is 0 Å². The van der Waals surface area contributed by atoms with Gasteiger partial charge in [-0.05, 0) is 28.1 Å². The van der Waals surface area contributed by atoms with Gasteiger partial charge in [-0.25, -0.2) is 4.99 Å². The average Bonchev–Trinajstić information content (AvgIpc) is 3.07. The molecule has 1 aromatic heterocycles. The lowest BCUT2D eigenvalue weighted by Crippen LogP contribution is -2.52. The standard InChI is InChI=1S/C20H21BrN3O2P/c1-14(2)24-20(19(26-23-24)22-18(25)15(3)21)27(16-10-6-4-7-11-16)17-12-8-5-9-13-17/h4-15H,1-3H3. The van der Waals surface area contributed by atoms with E-state index in [1.54, 1.807) is 6.92 Å². The third-order valence-corrected chi connectivity index (χ3v) is 6.75. The molecular formula is C20H21BrN3O2P. The Labute approximate surface area is 168 Å². The van der Waals surface area contributed by atoms with E-state index >= 15 is 0 Å². The van der Waals surface area contributed by atoms with Gasteiger partial charge in [-0.15, -0.1) is 0 Å². The molecule has 2 aromatic carbocycles. The molecule has 1 atom stereocenters. The van der Waals surface area contributed by atoms with Crippen molar-refractivity contribution in [1.29, 1.82) is 0 Å². The topological polar surface area (TPSA) is 65.3 Å². The lowest BCUT2D eigenvalue weighted by Gasteiger charge is -2.15. The van der Waals surface area contributed by atoms with Crippen molar-refractivity contribution in [1.82, 2.24) is 5.27 Å². The highest BCUT2D eigenvalue weighted by Crippen LogP contribution is 2.35. The van der Waals surface area contributed by atoms with Gasteiger partial charge in [0.25, 0.3) is 0 Å². The lowest BCUT2D eigenvalue weighted by atomic mass is 10.4. The van der Waals surface area contributed by atoms with Gasteiger partial charge in [-0.3, -0.25) is 4.52 Å². The van der Waals surface area contributed by atoms with Crippen molar-refractivity contribution in [3.63, 3.8) is 0 Å². The summed E-state index contributed by atoms with van der Waals surface area (Å²) < 4.78 is 7.35. The predicted molar refractivity (Wildman–Crippen MR) is 111 cm³/mol. The molecule has 3 rings (SSSR count). The van der Waals surface area contributed by atoms with Gasteiger partial charge < -0.3 is 5.11 Å². The van der Waals surface area contributed by atoms with E-state index < -0.39 is 7.92 Å². The van der Waals surface area contributed by atoms with E-state index in [1.165, 1.54) is 0 Å². The Kier molecular flexibility index (Phi) is 6.40. The molecule has 7 heteroatoms. The minimum atomic E-state index is -0.987. The zero-order chi connectivity index (χ0) is 19.4. The van der Waals surface area contributed by atoms with Gasteiger partial charge >= 0.3 is 11.3 Å². The number of halogens is 1. The average molecular weight is 446 g/mol. The maximum atomic E-state index is 12.2. The SMILES string of the molecule is CC(Br)/C([O-])=N/c1on[n+](C(C)C)c1P(c1ccccc1)c1ccccc1. The molecule has 0 aliphatic rings. The number of aromatic nitrogens is 2. The molecule has 0 saturated carbocycles. The highest BCUT2D eigenvalue weighted by molar-refractivity contribution is 9.10. The zero-order valence-corrected chi connectivity index (χ0v) is 17.9. The van der Waals surface area contributed by atoms with E-state index in [2.05, 4.69) is 50.5 Å². The van der Waals surface area contributed by atoms with E-state index in [-0.39, 0.29) is 22.7 Å². The summed E-state index contributed by atoms with van der Waals surface area (Å²) in [5, 5.41) is 18.7. The van der Waals surface area contributed by atoms with Crippen molar-refractivity contribution < 1.29 is 14.3 Å². The number of benzene rings is 2. The van der Waals surface area contributed by atoms with E-state index in [1.807, 2.05) is 54.9 Å². The summed E-state index contributed by atoms with van der Waals surface area (Å²) in [6.45, 7) is 5.82. The third-order valence-electron chi connectivity index (χ3n) is 3.91. The maximum Gasteiger partial charge on any atom is 0.329 e. The van der Waals surface area contributed by atoms with Crippen LogP contribution < -0.4 is 25.8 Å². The first-order valence-electron chi connectivity index (χ1n) is 8.70. The minimum absolute atomic E-state index is 0.0709. The zero-order valence-electron chi connectivity index (χ0n) is 15.4. The van der Waals surface area contributed by atoms with E-state index in [9.17, 15) is 5.11 Å². The first kappa shape index (κ1) is 19.7. The van der Waals surface area contributed by atoms with Gasteiger partial charge in [0.15, 0.2) is 6.04 Å². The Morgan fingerprint density at radius 3 is 2.00 bits per heavy atom. The van der Waals surface area contributed by atoms with Crippen molar-refractivity contribution in [3.05, 3.63) is 60.7 Å². The van der Waals surface area contributed by atoms with Crippen LogP contribution >= 0.6 is 23.9 Å². The first-order valence-corrected chi connectivity index (χ1v) is 11.0. The second-order valence-electron chi connectivity index (χ2n) is 6.31. The van der Waals surface area contributed by atoms with Crippen molar-refractivity contribution in [2.75, 3.05) is 0 Å². The summed E-state index contributed by atoms with van der Waals surface area (Å²) in [6, 6.07) is 20.5. The highest BCUT2D eigenvalue weighted by Gasteiger charge is 2.36. The Morgan fingerprint density at radius 2 is 1.56 bits per heavy atom. The maximum absolute atomic E-state index is 12.2. The van der Waals surface area contributed by atoms with E-state index in [0.717, 1.165) is 16.0 Å². The second-order valence-corrected chi connectivity index (χ2v) is 9.81. The Morgan fingerprint density at radius 1 is 1.04 bits per heavy atom. The number of aliphatic imine (C=N–C) groups is 1. The molecule has 3 aromatic rings. The van der Waals surface area contributed by atoms with Crippen LogP contribution in [0.1, 0.15) is 26.8 Å². The van der Waals surface area contributed by atoms with Gasteiger partial charge in [0.2, 0.25) is 5.27 Å². The molecule has 0 amide bonds. The third kappa shape index (κ3) is 4.45. The molecule has 1 heterocycles. The summed E-state index contributed by atoms with van der Waals surface area (Å²) in [5.41, 5.74) is 0.832.